The maximum absolute atomic E-state index is 12.7. The predicted molar refractivity (Wildman–Crippen MR) is 70.1 cm³/mol. The Hall–Kier alpha value is -1.75. The van der Waals surface area contributed by atoms with Crippen LogP contribution in [0.1, 0.15) is 11.1 Å². The zero-order valence-electron chi connectivity index (χ0n) is 10.1. The second-order valence-corrected chi connectivity index (χ2v) is 3.90. The van der Waals surface area contributed by atoms with Crippen molar-refractivity contribution in [3.05, 3.63) is 52.8 Å². The van der Waals surface area contributed by atoms with Crippen LogP contribution in [0.5, 0.6) is 0 Å². The summed E-state index contributed by atoms with van der Waals surface area (Å²) >= 11 is 5.77. The molecule has 1 aromatic carbocycles. The molecular formula is C13H11ClF3NO. The molecule has 19 heavy (non-hydrogen) atoms. The van der Waals surface area contributed by atoms with Gasteiger partial charge in [0.15, 0.2) is 0 Å². The molecule has 0 amide bonds. The van der Waals surface area contributed by atoms with Crippen LogP contribution in [0.3, 0.4) is 0 Å². The topological polar surface area (TPSA) is 21.6 Å². The second kappa shape index (κ2) is 5.93. The second-order valence-electron chi connectivity index (χ2n) is 3.52. The zero-order chi connectivity index (χ0) is 14.6. The highest BCUT2D eigenvalue weighted by Gasteiger charge is 2.34. The molecule has 0 fully saturated rings. The Morgan fingerprint density at radius 2 is 2.05 bits per heavy atom. The van der Waals surface area contributed by atoms with E-state index in [4.69, 9.17) is 16.3 Å². The smallest absolute Gasteiger partial charge is 0.417 e. The molecular weight excluding hydrogens is 279 g/mol. The van der Waals surface area contributed by atoms with Gasteiger partial charge in [-0.25, -0.2) is 0 Å². The van der Waals surface area contributed by atoms with Crippen LogP contribution in [0, 0.1) is 0 Å². The van der Waals surface area contributed by atoms with Crippen LogP contribution in [0.25, 0.3) is 5.70 Å². The number of nitrogens with zero attached hydrogens (tertiary/aromatic N) is 1. The molecule has 0 bridgehead atoms. The van der Waals surface area contributed by atoms with Crippen molar-refractivity contribution in [1.29, 1.82) is 0 Å². The van der Waals surface area contributed by atoms with Crippen LogP contribution in [-0.4, -0.2) is 13.8 Å². The summed E-state index contributed by atoms with van der Waals surface area (Å²) in [5, 5.41) is -0.433. The van der Waals surface area contributed by atoms with Gasteiger partial charge in [-0.1, -0.05) is 30.3 Å². The predicted octanol–water partition coefficient (Wildman–Crippen LogP) is 4.56. The first-order valence-corrected chi connectivity index (χ1v) is 5.46. The molecule has 0 unspecified atom stereocenters. The van der Waals surface area contributed by atoms with Crippen molar-refractivity contribution in [2.24, 2.45) is 4.99 Å². The number of hydrogen-bond donors (Lipinski definition) is 0. The van der Waals surface area contributed by atoms with Crippen LogP contribution < -0.4 is 0 Å². The van der Waals surface area contributed by atoms with Crippen molar-refractivity contribution in [3.8, 4) is 0 Å². The SMILES string of the molecule is C=N/C(=C\C(=C)OC)c1cccc(C(F)(F)F)c1Cl. The van der Waals surface area contributed by atoms with Gasteiger partial charge in [0.05, 0.1) is 23.4 Å². The Morgan fingerprint density at radius 1 is 1.42 bits per heavy atom. The number of ether oxygens (including phenoxy) is 1. The number of rotatable bonds is 4. The molecule has 0 radical (unpaired) electrons. The highest BCUT2D eigenvalue weighted by molar-refractivity contribution is 6.33. The van der Waals surface area contributed by atoms with Gasteiger partial charge in [-0.15, -0.1) is 0 Å². The van der Waals surface area contributed by atoms with Crippen LogP contribution in [0.2, 0.25) is 5.02 Å². The van der Waals surface area contributed by atoms with Gasteiger partial charge in [0.2, 0.25) is 0 Å². The summed E-state index contributed by atoms with van der Waals surface area (Å²) in [6, 6.07) is 3.57. The van der Waals surface area contributed by atoms with Crippen molar-refractivity contribution in [2.75, 3.05) is 7.11 Å². The largest absolute Gasteiger partial charge is 0.497 e. The third kappa shape index (κ3) is 3.61. The van der Waals surface area contributed by atoms with E-state index >= 15 is 0 Å². The molecule has 0 aliphatic rings. The maximum atomic E-state index is 12.7. The summed E-state index contributed by atoms with van der Waals surface area (Å²) in [6.07, 6.45) is -3.17. The Balaban J connectivity index is 3.39. The first-order chi connectivity index (χ1) is 8.81. The Labute approximate surface area is 113 Å². The lowest BCUT2D eigenvalue weighted by Gasteiger charge is -2.12. The lowest BCUT2D eigenvalue weighted by atomic mass is 10.1. The van der Waals surface area contributed by atoms with Crippen molar-refractivity contribution in [2.45, 2.75) is 6.18 Å². The fourth-order valence-corrected chi connectivity index (χ4v) is 1.70. The van der Waals surface area contributed by atoms with Crippen molar-refractivity contribution in [3.63, 3.8) is 0 Å². The molecule has 0 aliphatic heterocycles. The number of alkyl halides is 3. The van der Waals surface area contributed by atoms with Gasteiger partial charge < -0.3 is 4.74 Å². The van der Waals surface area contributed by atoms with Gasteiger partial charge in [0.1, 0.15) is 5.76 Å². The van der Waals surface area contributed by atoms with E-state index < -0.39 is 16.8 Å². The van der Waals surface area contributed by atoms with E-state index in [9.17, 15) is 13.2 Å². The summed E-state index contributed by atoms with van der Waals surface area (Å²) in [6.45, 7) is 6.84. The normalized spacial score (nSPS) is 12.2. The number of hydrogen-bond acceptors (Lipinski definition) is 2. The van der Waals surface area contributed by atoms with Gasteiger partial charge >= 0.3 is 6.18 Å². The minimum absolute atomic E-state index is 0.115. The molecule has 0 N–H and O–H groups in total. The molecule has 0 aliphatic carbocycles. The molecule has 102 valence electrons. The summed E-state index contributed by atoms with van der Waals surface area (Å²) in [5.41, 5.74) is -0.656. The molecule has 1 rings (SSSR count). The van der Waals surface area contributed by atoms with Crippen molar-refractivity contribution in [1.82, 2.24) is 0 Å². The van der Waals surface area contributed by atoms with Gasteiger partial charge in [0, 0.05) is 11.6 Å². The number of methoxy groups -OCH3 is 1. The van der Waals surface area contributed by atoms with Gasteiger partial charge in [-0.2, -0.15) is 13.2 Å². The van der Waals surface area contributed by atoms with E-state index in [-0.39, 0.29) is 17.0 Å². The monoisotopic (exact) mass is 289 g/mol. The molecule has 2 nitrogen and oxygen atoms in total. The molecule has 6 heteroatoms. The van der Waals surface area contributed by atoms with E-state index in [0.717, 1.165) is 6.07 Å². The molecule has 0 atom stereocenters. The number of allylic oxidation sites excluding steroid dienone is 1. The quantitative estimate of drug-likeness (QED) is 0.452. The third-order valence-corrected chi connectivity index (χ3v) is 2.72. The maximum Gasteiger partial charge on any atom is 0.417 e. The van der Waals surface area contributed by atoms with Crippen LogP contribution in [0.15, 0.2) is 41.6 Å². The summed E-state index contributed by atoms with van der Waals surface area (Å²) in [5.74, 6) is 0.232. The minimum atomic E-state index is -4.53. The molecule has 0 aromatic heterocycles. The van der Waals surface area contributed by atoms with E-state index in [1.54, 1.807) is 0 Å². The summed E-state index contributed by atoms with van der Waals surface area (Å²) in [7, 11) is 1.38. The van der Waals surface area contributed by atoms with E-state index in [0.29, 0.717) is 0 Å². The van der Waals surface area contributed by atoms with Gasteiger partial charge in [-0.05, 0) is 12.8 Å². The average molecular weight is 290 g/mol. The summed E-state index contributed by atoms with van der Waals surface area (Å²) in [4.78, 5) is 3.65. The van der Waals surface area contributed by atoms with E-state index in [2.05, 4.69) is 18.3 Å². The Bertz CT molecular complexity index is 535. The number of halogens is 4. The van der Waals surface area contributed by atoms with E-state index in [1.165, 1.54) is 25.3 Å². The van der Waals surface area contributed by atoms with Gasteiger partial charge in [0.25, 0.3) is 0 Å². The fraction of sp³-hybridized carbons (Fsp3) is 0.154. The Morgan fingerprint density at radius 3 is 2.53 bits per heavy atom. The minimum Gasteiger partial charge on any atom is -0.497 e. The van der Waals surface area contributed by atoms with Gasteiger partial charge in [-0.3, -0.25) is 4.99 Å². The highest BCUT2D eigenvalue weighted by Crippen LogP contribution is 2.38. The molecule has 0 spiro atoms. The number of benzene rings is 1. The number of aliphatic imine (C=N–C) groups is 1. The Kier molecular flexibility index (Phi) is 4.78. The molecule has 0 saturated heterocycles. The lowest BCUT2D eigenvalue weighted by Crippen LogP contribution is -2.06. The first kappa shape index (κ1) is 15.3. The van der Waals surface area contributed by atoms with Crippen molar-refractivity contribution >= 4 is 24.0 Å². The van der Waals surface area contributed by atoms with Crippen molar-refractivity contribution < 1.29 is 17.9 Å². The fourth-order valence-electron chi connectivity index (χ4n) is 1.37. The lowest BCUT2D eigenvalue weighted by molar-refractivity contribution is -0.137. The van der Waals surface area contributed by atoms with Crippen LogP contribution >= 0.6 is 11.6 Å². The standard InChI is InChI=1S/C13H11ClF3NO/c1-8(19-3)7-11(18-2)9-5-4-6-10(12(9)14)13(15,16)17/h4-7H,1-2H2,3H3/b11-7-. The first-order valence-electron chi connectivity index (χ1n) is 5.08. The average Bonchev–Trinajstić information content (AvgIpc) is 2.34. The molecule has 0 heterocycles. The third-order valence-electron chi connectivity index (χ3n) is 2.31. The zero-order valence-corrected chi connectivity index (χ0v) is 10.8. The van der Waals surface area contributed by atoms with E-state index in [1.807, 2.05) is 0 Å². The highest BCUT2D eigenvalue weighted by atomic mass is 35.5. The van der Waals surface area contributed by atoms with Crippen LogP contribution in [-0.2, 0) is 10.9 Å². The molecule has 1 aromatic rings. The van der Waals surface area contributed by atoms with Crippen LogP contribution in [0.4, 0.5) is 13.2 Å². The summed E-state index contributed by atoms with van der Waals surface area (Å²) < 4.78 is 43.0. The molecule has 0 saturated carbocycles.